The van der Waals surface area contributed by atoms with Crippen LogP contribution in [0.3, 0.4) is 0 Å². The molecule has 1 fully saturated rings. The van der Waals surface area contributed by atoms with E-state index in [0.717, 1.165) is 12.8 Å². The second kappa shape index (κ2) is 4.20. The van der Waals surface area contributed by atoms with Crippen LogP contribution in [-0.4, -0.2) is 51.5 Å². The summed E-state index contributed by atoms with van der Waals surface area (Å²) >= 11 is 0. The molecule has 1 saturated heterocycles. The Bertz CT molecular complexity index is 217. The van der Waals surface area contributed by atoms with E-state index in [1.54, 1.807) is 4.90 Å². The fourth-order valence-electron chi connectivity index (χ4n) is 1.61. The van der Waals surface area contributed by atoms with Gasteiger partial charge >= 0.3 is 0 Å². The molecule has 2 unspecified atom stereocenters. The zero-order valence-electron chi connectivity index (χ0n) is 8.22. The minimum Gasteiger partial charge on any atom is -0.389 e. The lowest BCUT2D eigenvalue weighted by Crippen LogP contribution is -2.57. The highest BCUT2D eigenvalue weighted by Gasteiger charge is 2.48. The number of aliphatic hydroxyl groups is 2. The summed E-state index contributed by atoms with van der Waals surface area (Å²) < 4.78 is 0. The van der Waals surface area contributed by atoms with E-state index < -0.39 is 23.3 Å². The fraction of sp³-hybridized carbons (Fsp3) is 1.00. The fourth-order valence-corrected chi connectivity index (χ4v) is 1.61. The van der Waals surface area contributed by atoms with Crippen LogP contribution >= 0.6 is 0 Å². The highest BCUT2D eigenvalue weighted by Crippen LogP contribution is 2.21. The van der Waals surface area contributed by atoms with Crippen molar-refractivity contribution in [3.8, 4) is 0 Å². The SMILES string of the molecule is CC(CO)(C(O)N1CCCC1)[N+](=O)[O-]. The number of hydrogen-bond acceptors (Lipinski definition) is 5. The summed E-state index contributed by atoms with van der Waals surface area (Å²) in [6.07, 6.45) is 0.678. The molecule has 0 amide bonds. The van der Waals surface area contributed by atoms with Crippen LogP contribution in [0, 0.1) is 10.1 Å². The first-order valence-corrected chi connectivity index (χ1v) is 4.70. The molecule has 0 aromatic rings. The molecule has 1 aliphatic rings. The molecule has 0 radical (unpaired) electrons. The van der Waals surface area contributed by atoms with Gasteiger partial charge in [0.2, 0.25) is 0 Å². The average Bonchev–Trinajstić information content (AvgIpc) is 2.67. The first kappa shape index (κ1) is 11.4. The highest BCUT2D eigenvalue weighted by atomic mass is 16.6. The monoisotopic (exact) mass is 204 g/mol. The van der Waals surface area contributed by atoms with Gasteiger partial charge in [0.15, 0.2) is 6.23 Å². The Labute approximate surface area is 82.3 Å². The molecular weight excluding hydrogens is 188 g/mol. The van der Waals surface area contributed by atoms with Gasteiger partial charge in [-0.15, -0.1) is 0 Å². The molecule has 0 aromatic heterocycles. The van der Waals surface area contributed by atoms with Gasteiger partial charge in [0.25, 0.3) is 5.54 Å². The Morgan fingerprint density at radius 3 is 2.43 bits per heavy atom. The number of nitrogens with zero attached hydrogens (tertiary/aromatic N) is 2. The Hall–Kier alpha value is -0.720. The molecule has 1 aliphatic heterocycles. The molecule has 0 spiro atoms. The van der Waals surface area contributed by atoms with Crippen molar-refractivity contribution in [1.29, 1.82) is 0 Å². The van der Waals surface area contributed by atoms with E-state index in [4.69, 9.17) is 5.11 Å². The summed E-state index contributed by atoms with van der Waals surface area (Å²) in [4.78, 5) is 11.7. The smallest absolute Gasteiger partial charge is 0.280 e. The lowest BCUT2D eigenvalue weighted by atomic mass is 10.0. The minimum absolute atomic E-state index is 0.615. The van der Waals surface area contributed by atoms with Crippen LogP contribution in [0.5, 0.6) is 0 Å². The van der Waals surface area contributed by atoms with Crippen molar-refractivity contribution in [2.24, 2.45) is 0 Å². The molecule has 1 rings (SSSR count). The summed E-state index contributed by atoms with van der Waals surface area (Å²) in [6.45, 7) is 1.92. The van der Waals surface area contributed by atoms with E-state index in [0.29, 0.717) is 13.1 Å². The molecule has 82 valence electrons. The van der Waals surface area contributed by atoms with E-state index in [2.05, 4.69) is 0 Å². The summed E-state index contributed by atoms with van der Waals surface area (Å²) in [7, 11) is 0. The maximum absolute atomic E-state index is 10.7. The van der Waals surface area contributed by atoms with Gasteiger partial charge in [0, 0.05) is 24.9 Å². The summed E-state index contributed by atoms with van der Waals surface area (Å²) in [5.74, 6) is 0. The standard InChI is InChI=1S/C8H16N2O4/c1-8(6-11,10(13)14)7(12)9-4-2-3-5-9/h7,11-12H,2-6H2,1H3. The van der Waals surface area contributed by atoms with Gasteiger partial charge < -0.3 is 10.2 Å². The maximum atomic E-state index is 10.7. The van der Waals surface area contributed by atoms with E-state index in [-0.39, 0.29) is 0 Å². The van der Waals surface area contributed by atoms with E-state index >= 15 is 0 Å². The van der Waals surface area contributed by atoms with Crippen LogP contribution in [0.25, 0.3) is 0 Å². The average molecular weight is 204 g/mol. The van der Waals surface area contributed by atoms with Gasteiger partial charge in [-0.1, -0.05) is 0 Å². The van der Waals surface area contributed by atoms with Crippen molar-refractivity contribution in [2.45, 2.75) is 31.5 Å². The largest absolute Gasteiger partial charge is 0.389 e. The predicted octanol–water partition coefficient (Wildman–Crippen LogP) is -0.572. The molecule has 2 N–H and O–H groups in total. The predicted molar refractivity (Wildman–Crippen MR) is 49.3 cm³/mol. The van der Waals surface area contributed by atoms with Gasteiger partial charge in [-0.05, 0) is 12.8 Å². The Balaban J connectivity index is 2.72. The van der Waals surface area contributed by atoms with Crippen molar-refractivity contribution in [3.05, 3.63) is 10.1 Å². The molecule has 0 bridgehead atoms. The maximum Gasteiger partial charge on any atom is 0.280 e. The topological polar surface area (TPSA) is 86.8 Å². The lowest BCUT2D eigenvalue weighted by Gasteiger charge is -2.30. The number of nitro groups is 1. The van der Waals surface area contributed by atoms with Crippen LogP contribution in [-0.2, 0) is 0 Å². The number of hydrogen-bond donors (Lipinski definition) is 2. The second-order valence-electron chi connectivity index (χ2n) is 3.89. The normalized spacial score (nSPS) is 24.5. The van der Waals surface area contributed by atoms with Gasteiger partial charge in [-0.25, -0.2) is 0 Å². The van der Waals surface area contributed by atoms with Gasteiger partial charge in [0.05, 0.1) is 0 Å². The number of rotatable bonds is 4. The third-order valence-corrected chi connectivity index (χ3v) is 2.78. The van der Waals surface area contributed by atoms with E-state index in [1.165, 1.54) is 6.92 Å². The van der Waals surface area contributed by atoms with Crippen molar-refractivity contribution in [2.75, 3.05) is 19.7 Å². The second-order valence-corrected chi connectivity index (χ2v) is 3.89. The van der Waals surface area contributed by atoms with Gasteiger partial charge in [0.1, 0.15) is 6.61 Å². The van der Waals surface area contributed by atoms with Crippen LogP contribution in [0.2, 0.25) is 0 Å². The molecule has 2 atom stereocenters. The lowest BCUT2D eigenvalue weighted by molar-refractivity contribution is -0.588. The molecule has 6 heteroatoms. The molecule has 1 heterocycles. The van der Waals surface area contributed by atoms with Crippen LogP contribution in [0.15, 0.2) is 0 Å². The van der Waals surface area contributed by atoms with Crippen molar-refractivity contribution in [3.63, 3.8) is 0 Å². The Morgan fingerprint density at radius 2 is 2.07 bits per heavy atom. The summed E-state index contributed by atoms with van der Waals surface area (Å²) in [6, 6.07) is 0. The van der Waals surface area contributed by atoms with Crippen molar-refractivity contribution >= 4 is 0 Å². The molecule has 6 nitrogen and oxygen atoms in total. The molecule has 0 aromatic carbocycles. The Morgan fingerprint density at radius 1 is 1.57 bits per heavy atom. The summed E-state index contributed by atoms with van der Waals surface area (Å²) in [5.41, 5.74) is -1.68. The highest BCUT2D eigenvalue weighted by molar-refractivity contribution is 4.84. The first-order chi connectivity index (χ1) is 6.52. The summed E-state index contributed by atoms with van der Waals surface area (Å²) in [5, 5.41) is 29.4. The number of aliphatic hydroxyl groups excluding tert-OH is 2. The number of likely N-dealkylation sites (tertiary alicyclic amines) is 1. The third kappa shape index (κ3) is 1.87. The van der Waals surface area contributed by atoms with E-state index in [9.17, 15) is 15.2 Å². The zero-order valence-corrected chi connectivity index (χ0v) is 8.22. The van der Waals surface area contributed by atoms with Gasteiger partial charge in [-0.2, -0.15) is 0 Å². The molecule has 0 saturated carbocycles. The van der Waals surface area contributed by atoms with Crippen LogP contribution < -0.4 is 0 Å². The van der Waals surface area contributed by atoms with Gasteiger partial charge in [-0.3, -0.25) is 15.0 Å². The van der Waals surface area contributed by atoms with Crippen LogP contribution in [0.1, 0.15) is 19.8 Å². The van der Waals surface area contributed by atoms with Crippen LogP contribution in [0.4, 0.5) is 0 Å². The third-order valence-electron chi connectivity index (χ3n) is 2.78. The minimum atomic E-state index is -1.68. The molecule has 14 heavy (non-hydrogen) atoms. The van der Waals surface area contributed by atoms with Crippen molar-refractivity contribution < 1.29 is 15.1 Å². The zero-order chi connectivity index (χ0) is 10.8. The molecular formula is C8H16N2O4. The first-order valence-electron chi connectivity index (χ1n) is 4.70. The Kier molecular flexibility index (Phi) is 3.41. The van der Waals surface area contributed by atoms with E-state index in [1.807, 2.05) is 0 Å². The quantitative estimate of drug-likeness (QED) is 0.473. The molecule has 0 aliphatic carbocycles. The van der Waals surface area contributed by atoms with Crippen molar-refractivity contribution in [1.82, 2.24) is 4.90 Å².